The van der Waals surface area contributed by atoms with Gasteiger partial charge in [0.25, 0.3) is 0 Å². The molecule has 0 amide bonds. The lowest BCUT2D eigenvalue weighted by atomic mass is 10.2. The van der Waals surface area contributed by atoms with E-state index >= 15 is 0 Å². The molecule has 0 aliphatic heterocycles. The van der Waals surface area contributed by atoms with Gasteiger partial charge in [-0.25, -0.2) is 11.3 Å². The summed E-state index contributed by atoms with van der Waals surface area (Å²) >= 11 is 11.6. The minimum Gasteiger partial charge on any atom is -0.369 e. The van der Waals surface area contributed by atoms with Crippen molar-refractivity contribution in [1.29, 1.82) is 0 Å². The predicted octanol–water partition coefficient (Wildman–Crippen LogP) is 1.01. The Morgan fingerprint density at radius 2 is 1.77 bits per heavy atom. The molecular formula is C12H20Cl3N7. The monoisotopic (exact) mass is 367 g/mol. The number of nitrogens with zero attached hydrogens (tertiary/aromatic N) is 3. The number of hydrazone groups is 2. The van der Waals surface area contributed by atoms with Gasteiger partial charge in [0.2, 0.25) is 5.96 Å². The highest BCUT2D eigenvalue weighted by molar-refractivity contribution is 6.18. The van der Waals surface area contributed by atoms with Crippen LogP contribution in [0.4, 0.5) is 5.69 Å². The second-order valence-corrected chi connectivity index (χ2v) is 4.70. The lowest BCUT2D eigenvalue weighted by molar-refractivity contribution is 0.874. The summed E-state index contributed by atoms with van der Waals surface area (Å²) in [7, 11) is 0. The molecule has 0 saturated carbocycles. The average Bonchev–Trinajstić information content (AvgIpc) is 2.52. The van der Waals surface area contributed by atoms with E-state index in [1.165, 1.54) is 0 Å². The SMILES string of the molecule is Cl.N/N=C(/NN)NN=Cc1ccc(N(CCCl)CCCl)cc1. The summed E-state index contributed by atoms with van der Waals surface area (Å²) in [6, 6.07) is 7.84. The van der Waals surface area contributed by atoms with Crippen LogP contribution in [0.2, 0.25) is 0 Å². The molecule has 7 nitrogen and oxygen atoms in total. The van der Waals surface area contributed by atoms with Gasteiger partial charge in [0.1, 0.15) is 0 Å². The van der Waals surface area contributed by atoms with Crippen molar-refractivity contribution in [3.05, 3.63) is 29.8 Å². The first kappa shape index (κ1) is 20.6. The fourth-order valence-electron chi connectivity index (χ4n) is 1.61. The molecule has 124 valence electrons. The summed E-state index contributed by atoms with van der Waals surface area (Å²) < 4.78 is 0. The first-order chi connectivity index (χ1) is 10.2. The molecule has 0 atom stereocenters. The smallest absolute Gasteiger partial charge is 0.248 e. The third-order valence-corrected chi connectivity index (χ3v) is 2.96. The van der Waals surface area contributed by atoms with Crippen LogP contribution in [0.1, 0.15) is 5.56 Å². The van der Waals surface area contributed by atoms with Gasteiger partial charge in [-0.2, -0.15) is 5.10 Å². The number of hydrogen-bond donors (Lipinski definition) is 4. The Balaban J connectivity index is 0.00000441. The standard InChI is InChI=1S/C12H19Cl2N7.ClH/c13-5-7-21(8-6-14)11-3-1-10(2-4-11)9-17-20-12(18-15)19-16;/h1-4,9H,5-8,15-16H2,(H2,18,19,20);1H. The van der Waals surface area contributed by atoms with Crippen molar-refractivity contribution in [3.8, 4) is 0 Å². The maximum atomic E-state index is 5.79. The zero-order chi connectivity index (χ0) is 15.5. The predicted molar refractivity (Wildman–Crippen MR) is 97.0 cm³/mol. The van der Waals surface area contributed by atoms with Crippen molar-refractivity contribution in [2.45, 2.75) is 0 Å². The van der Waals surface area contributed by atoms with Crippen molar-refractivity contribution in [2.24, 2.45) is 21.9 Å². The Hall–Kier alpha value is -1.41. The maximum Gasteiger partial charge on any atom is 0.248 e. The number of anilines is 1. The lowest BCUT2D eigenvalue weighted by Gasteiger charge is -2.22. The molecule has 0 saturated heterocycles. The van der Waals surface area contributed by atoms with Crippen LogP contribution in [-0.2, 0) is 0 Å². The van der Waals surface area contributed by atoms with Gasteiger partial charge >= 0.3 is 0 Å². The van der Waals surface area contributed by atoms with Gasteiger partial charge in [0.15, 0.2) is 0 Å². The Morgan fingerprint density at radius 1 is 1.18 bits per heavy atom. The number of hydrazine groups is 1. The van der Waals surface area contributed by atoms with Crippen LogP contribution in [0.15, 0.2) is 34.5 Å². The second-order valence-electron chi connectivity index (χ2n) is 3.95. The molecule has 0 heterocycles. The maximum absolute atomic E-state index is 5.79. The molecule has 0 spiro atoms. The van der Waals surface area contributed by atoms with Crippen LogP contribution in [0.3, 0.4) is 0 Å². The van der Waals surface area contributed by atoms with Crippen LogP contribution in [0, 0.1) is 0 Å². The number of halogens is 3. The number of guanidine groups is 1. The molecule has 0 aliphatic rings. The van der Waals surface area contributed by atoms with E-state index in [-0.39, 0.29) is 18.4 Å². The van der Waals surface area contributed by atoms with E-state index in [9.17, 15) is 0 Å². The number of benzene rings is 1. The molecule has 1 aromatic carbocycles. The normalized spacial score (nSPS) is 11.1. The quantitative estimate of drug-likeness (QED) is 0.189. The number of nitrogens with one attached hydrogen (secondary N) is 2. The first-order valence-corrected chi connectivity index (χ1v) is 7.32. The van der Waals surface area contributed by atoms with Gasteiger partial charge in [0.05, 0.1) is 6.21 Å². The summed E-state index contributed by atoms with van der Waals surface area (Å²) in [5.41, 5.74) is 6.79. The summed E-state index contributed by atoms with van der Waals surface area (Å²) in [5, 5.41) is 7.29. The topological polar surface area (TPSA) is 104 Å². The van der Waals surface area contributed by atoms with E-state index in [4.69, 9.17) is 34.9 Å². The van der Waals surface area contributed by atoms with Gasteiger partial charge in [-0.05, 0) is 17.7 Å². The van der Waals surface area contributed by atoms with Crippen LogP contribution in [0.25, 0.3) is 0 Å². The molecule has 0 bridgehead atoms. The molecule has 0 aromatic heterocycles. The summed E-state index contributed by atoms with van der Waals surface area (Å²) in [4.78, 5) is 2.12. The van der Waals surface area contributed by atoms with Crippen molar-refractivity contribution < 1.29 is 0 Å². The highest BCUT2D eigenvalue weighted by Gasteiger charge is 2.04. The van der Waals surface area contributed by atoms with Gasteiger partial charge in [-0.15, -0.1) is 40.7 Å². The zero-order valence-corrected chi connectivity index (χ0v) is 14.2. The van der Waals surface area contributed by atoms with Crippen molar-refractivity contribution in [3.63, 3.8) is 0 Å². The minimum atomic E-state index is 0. The molecular weight excluding hydrogens is 349 g/mol. The van der Waals surface area contributed by atoms with Crippen LogP contribution >= 0.6 is 35.6 Å². The van der Waals surface area contributed by atoms with E-state index in [2.05, 4.69) is 26.0 Å². The molecule has 1 rings (SSSR count). The highest BCUT2D eigenvalue weighted by Crippen LogP contribution is 2.14. The number of rotatable bonds is 7. The minimum absolute atomic E-state index is 0. The van der Waals surface area contributed by atoms with Crippen LogP contribution in [-0.4, -0.2) is 37.0 Å². The van der Waals surface area contributed by atoms with Crippen molar-refractivity contribution >= 4 is 53.5 Å². The summed E-state index contributed by atoms with van der Waals surface area (Å²) in [5.74, 6) is 11.5. The fourth-order valence-corrected chi connectivity index (χ4v) is 2.02. The molecule has 22 heavy (non-hydrogen) atoms. The number of alkyl halides is 2. The van der Waals surface area contributed by atoms with Crippen molar-refractivity contribution in [1.82, 2.24) is 10.9 Å². The van der Waals surface area contributed by atoms with Crippen LogP contribution in [0.5, 0.6) is 0 Å². The molecule has 10 heteroatoms. The third kappa shape index (κ3) is 7.04. The number of nitrogens with two attached hydrogens (primary N) is 2. The first-order valence-electron chi connectivity index (χ1n) is 6.25. The van der Waals surface area contributed by atoms with E-state index in [1.807, 2.05) is 24.3 Å². The lowest BCUT2D eigenvalue weighted by Crippen LogP contribution is -2.39. The Labute approximate surface area is 146 Å². The average molecular weight is 369 g/mol. The molecule has 1 aromatic rings. The van der Waals surface area contributed by atoms with Gasteiger partial charge < -0.3 is 10.7 Å². The largest absolute Gasteiger partial charge is 0.369 e. The number of hydrogen-bond acceptors (Lipinski definition) is 5. The molecule has 6 N–H and O–H groups in total. The Kier molecular flexibility index (Phi) is 11.4. The van der Waals surface area contributed by atoms with E-state index in [0.29, 0.717) is 11.8 Å². The summed E-state index contributed by atoms with van der Waals surface area (Å²) in [6.45, 7) is 1.50. The van der Waals surface area contributed by atoms with E-state index in [1.54, 1.807) is 6.21 Å². The van der Waals surface area contributed by atoms with Gasteiger partial charge in [0, 0.05) is 30.5 Å². The molecule has 0 fully saturated rings. The zero-order valence-electron chi connectivity index (χ0n) is 11.9. The summed E-state index contributed by atoms with van der Waals surface area (Å²) in [6.07, 6.45) is 1.62. The van der Waals surface area contributed by atoms with Crippen LogP contribution < -0.4 is 27.4 Å². The Morgan fingerprint density at radius 3 is 2.23 bits per heavy atom. The molecule has 0 aliphatic carbocycles. The fraction of sp³-hybridized carbons (Fsp3) is 0.333. The van der Waals surface area contributed by atoms with Gasteiger partial charge in [-0.1, -0.05) is 12.1 Å². The third-order valence-electron chi connectivity index (χ3n) is 2.62. The van der Waals surface area contributed by atoms with Crippen molar-refractivity contribution in [2.75, 3.05) is 29.7 Å². The molecule has 0 radical (unpaired) electrons. The van der Waals surface area contributed by atoms with E-state index < -0.39 is 0 Å². The van der Waals surface area contributed by atoms with E-state index in [0.717, 1.165) is 24.3 Å². The highest BCUT2D eigenvalue weighted by atomic mass is 35.5. The molecule has 0 unspecified atom stereocenters. The van der Waals surface area contributed by atoms with Gasteiger partial charge in [-0.3, -0.25) is 5.43 Å². The second kappa shape index (κ2) is 12.2. The Bertz CT molecular complexity index is 458.